The van der Waals surface area contributed by atoms with Gasteiger partial charge in [-0.2, -0.15) is 18.2 Å². The van der Waals surface area contributed by atoms with E-state index in [1.807, 2.05) is 0 Å². The van der Waals surface area contributed by atoms with Crippen molar-refractivity contribution >= 4 is 5.78 Å². The minimum absolute atomic E-state index is 0.340. The molecule has 7 heteroatoms. The van der Waals surface area contributed by atoms with E-state index in [-0.39, 0.29) is 0 Å². The van der Waals surface area contributed by atoms with Gasteiger partial charge in [-0.15, -0.1) is 5.10 Å². The summed E-state index contributed by atoms with van der Waals surface area (Å²) in [5.41, 5.74) is -0.184. The second kappa shape index (κ2) is 4.04. The van der Waals surface area contributed by atoms with Crippen LogP contribution in [0.5, 0.6) is 0 Å². The maximum Gasteiger partial charge on any atom is 0.416 e. The Morgan fingerprint density at radius 2 is 1.79 bits per heavy atom. The number of rotatable bonds is 1. The number of hydrogen-bond acceptors (Lipinski definition) is 3. The highest BCUT2D eigenvalue weighted by Gasteiger charge is 2.30. The lowest BCUT2D eigenvalue weighted by Gasteiger charge is -2.05. The predicted molar refractivity (Wildman–Crippen MR) is 61.2 cm³/mol. The van der Waals surface area contributed by atoms with Crippen LogP contribution in [0.2, 0.25) is 0 Å². The molecular formula is C12H7F3N4. The summed E-state index contributed by atoms with van der Waals surface area (Å²) in [7, 11) is 0. The first-order valence-corrected chi connectivity index (χ1v) is 5.39. The normalized spacial score (nSPS) is 11.9. The number of benzene rings is 1. The maximum atomic E-state index is 12.4. The fraction of sp³-hybridized carbons (Fsp3) is 0.0833. The fourth-order valence-electron chi connectivity index (χ4n) is 1.66. The summed E-state index contributed by atoms with van der Waals surface area (Å²) in [4.78, 5) is 8.13. The van der Waals surface area contributed by atoms with Gasteiger partial charge in [0.05, 0.1) is 5.56 Å². The van der Waals surface area contributed by atoms with Crippen LogP contribution in [0.25, 0.3) is 17.2 Å². The highest BCUT2D eigenvalue weighted by Crippen LogP contribution is 2.30. The predicted octanol–water partition coefficient (Wildman–Crippen LogP) is 2.81. The van der Waals surface area contributed by atoms with Gasteiger partial charge in [-0.1, -0.05) is 12.1 Å². The molecule has 0 amide bonds. The summed E-state index contributed by atoms with van der Waals surface area (Å²) < 4.78 is 38.8. The number of fused-ring (bicyclic) bond motifs is 1. The van der Waals surface area contributed by atoms with E-state index in [9.17, 15) is 13.2 Å². The average Bonchev–Trinajstić information content (AvgIpc) is 2.81. The zero-order valence-electron chi connectivity index (χ0n) is 9.46. The molecule has 0 aliphatic heterocycles. The average molecular weight is 264 g/mol. The topological polar surface area (TPSA) is 43.1 Å². The molecular weight excluding hydrogens is 257 g/mol. The Morgan fingerprint density at radius 1 is 1.05 bits per heavy atom. The zero-order chi connectivity index (χ0) is 13.5. The number of alkyl halides is 3. The molecule has 0 fully saturated rings. The van der Waals surface area contributed by atoms with Gasteiger partial charge in [0.25, 0.3) is 5.78 Å². The van der Waals surface area contributed by atoms with Gasteiger partial charge in [0.1, 0.15) is 0 Å². The van der Waals surface area contributed by atoms with E-state index in [2.05, 4.69) is 15.1 Å². The molecule has 0 radical (unpaired) electrons. The van der Waals surface area contributed by atoms with Crippen LogP contribution in [0.4, 0.5) is 13.2 Å². The molecule has 1 aromatic carbocycles. The zero-order valence-corrected chi connectivity index (χ0v) is 9.46. The van der Waals surface area contributed by atoms with Crippen LogP contribution in [0, 0.1) is 0 Å². The lowest BCUT2D eigenvalue weighted by Crippen LogP contribution is -2.04. The summed E-state index contributed by atoms with van der Waals surface area (Å²) in [5, 5.41) is 4.14. The minimum Gasteiger partial charge on any atom is -0.220 e. The van der Waals surface area contributed by atoms with Crippen LogP contribution in [0.15, 0.2) is 42.7 Å². The Kier molecular flexibility index (Phi) is 2.48. The van der Waals surface area contributed by atoms with Gasteiger partial charge in [-0.05, 0) is 18.2 Å². The summed E-state index contributed by atoms with van der Waals surface area (Å²) in [6.45, 7) is 0. The van der Waals surface area contributed by atoms with E-state index in [1.165, 1.54) is 16.6 Å². The van der Waals surface area contributed by atoms with Crippen molar-refractivity contribution in [3.63, 3.8) is 0 Å². The van der Waals surface area contributed by atoms with Gasteiger partial charge in [-0.25, -0.2) is 9.50 Å². The van der Waals surface area contributed by atoms with Crippen molar-refractivity contribution in [2.24, 2.45) is 0 Å². The number of halogens is 3. The van der Waals surface area contributed by atoms with Crippen molar-refractivity contribution < 1.29 is 13.2 Å². The molecule has 2 heterocycles. The molecule has 2 aromatic heterocycles. The van der Waals surface area contributed by atoms with Crippen LogP contribution in [0.3, 0.4) is 0 Å². The second-order valence-corrected chi connectivity index (χ2v) is 3.87. The molecule has 0 aliphatic rings. The summed E-state index contributed by atoms with van der Waals surface area (Å²) in [5.74, 6) is 0.741. The van der Waals surface area contributed by atoms with Crippen LogP contribution >= 0.6 is 0 Å². The van der Waals surface area contributed by atoms with Crippen LogP contribution in [-0.4, -0.2) is 19.6 Å². The molecule has 0 bridgehead atoms. The summed E-state index contributed by atoms with van der Waals surface area (Å²) in [6.07, 6.45) is -1.10. The van der Waals surface area contributed by atoms with Gasteiger partial charge in [0.2, 0.25) is 0 Å². The van der Waals surface area contributed by atoms with Crippen LogP contribution < -0.4 is 0 Å². The van der Waals surface area contributed by atoms with Crippen molar-refractivity contribution in [3.05, 3.63) is 48.3 Å². The molecule has 0 atom stereocenters. The quantitative estimate of drug-likeness (QED) is 0.678. The van der Waals surface area contributed by atoms with Crippen molar-refractivity contribution in [1.29, 1.82) is 0 Å². The van der Waals surface area contributed by atoms with Crippen molar-refractivity contribution in [3.8, 4) is 11.4 Å². The molecule has 3 aromatic rings. The Hall–Kier alpha value is -2.44. The third-order valence-electron chi connectivity index (χ3n) is 2.59. The first-order valence-electron chi connectivity index (χ1n) is 5.39. The molecule has 0 aliphatic carbocycles. The largest absolute Gasteiger partial charge is 0.416 e. The standard InChI is InChI=1S/C12H7F3N4/c13-12(14,15)9-4-2-8(3-5-9)10-17-11-16-6-1-7-19(11)18-10/h1-7H. The third-order valence-corrected chi connectivity index (χ3v) is 2.59. The molecule has 96 valence electrons. The highest BCUT2D eigenvalue weighted by atomic mass is 19.4. The van der Waals surface area contributed by atoms with E-state index in [1.54, 1.807) is 18.5 Å². The third kappa shape index (κ3) is 2.14. The van der Waals surface area contributed by atoms with Crippen LogP contribution in [0.1, 0.15) is 5.56 Å². The van der Waals surface area contributed by atoms with Gasteiger partial charge in [-0.3, -0.25) is 0 Å². The number of nitrogens with zero attached hydrogens (tertiary/aromatic N) is 4. The van der Waals surface area contributed by atoms with Crippen molar-refractivity contribution in [2.45, 2.75) is 6.18 Å². The Labute approximate surface area is 105 Å². The van der Waals surface area contributed by atoms with Crippen molar-refractivity contribution in [1.82, 2.24) is 19.6 Å². The van der Waals surface area contributed by atoms with E-state index >= 15 is 0 Å². The molecule has 19 heavy (non-hydrogen) atoms. The van der Waals surface area contributed by atoms with Gasteiger partial charge >= 0.3 is 6.18 Å². The van der Waals surface area contributed by atoms with E-state index in [0.29, 0.717) is 17.2 Å². The second-order valence-electron chi connectivity index (χ2n) is 3.87. The van der Waals surface area contributed by atoms with E-state index < -0.39 is 11.7 Å². The molecule has 0 saturated carbocycles. The van der Waals surface area contributed by atoms with Crippen molar-refractivity contribution in [2.75, 3.05) is 0 Å². The minimum atomic E-state index is -4.34. The first-order chi connectivity index (χ1) is 9.04. The lowest BCUT2D eigenvalue weighted by atomic mass is 10.1. The Morgan fingerprint density at radius 3 is 2.42 bits per heavy atom. The molecule has 0 spiro atoms. The van der Waals surface area contributed by atoms with Gasteiger partial charge in [0.15, 0.2) is 5.82 Å². The first kappa shape index (κ1) is 11.6. The highest BCUT2D eigenvalue weighted by molar-refractivity contribution is 5.57. The molecule has 0 unspecified atom stereocenters. The van der Waals surface area contributed by atoms with E-state index in [4.69, 9.17) is 0 Å². The summed E-state index contributed by atoms with van der Waals surface area (Å²) in [6, 6.07) is 6.40. The molecule has 4 nitrogen and oxygen atoms in total. The number of hydrogen-bond donors (Lipinski definition) is 0. The monoisotopic (exact) mass is 264 g/mol. The number of aromatic nitrogens is 4. The Balaban J connectivity index is 2.02. The van der Waals surface area contributed by atoms with Gasteiger partial charge in [0, 0.05) is 18.0 Å². The smallest absolute Gasteiger partial charge is 0.220 e. The summed E-state index contributed by atoms with van der Waals surface area (Å²) >= 11 is 0. The lowest BCUT2D eigenvalue weighted by molar-refractivity contribution is -0.137. The molecule has 0 saturated heterocycles. The SMILES string of the molecule is FC(F)(F)c1ccc(-c2nc3ncccn3n2)cc1. The maximum absolute atomic E-state index is 12.4. The fourth-order valence-corrected chi connectivity index (χ4v) is 1.66. The molecule has 0 N–H and O–H groups in total. The molecule has 3 rings (SSSR count). The van der Waals surface area contributed by atoms with Gasteiger partial charge < -0.3 is 0 Å². The van der Waals surface area contributed by atoms with E-state index in [0.717, 1.165) is 12.1 Å². The van der Waals surface area contributed by atoms with Crippen LogP contribution in [-0.2, 0) is 6.18 Å². The Bertz CT molecular complexity index is 683.